The van der Waals surface area contributed by atoms with Crippen molar-refractivity contribution < 1.29 is 14.8 Å². The second kappa shape index (κ2) is 6.29. The van der Waals surface area contributed by atoms with Crippen molar-refractivity contribution in [3.63, 3.8) is 0 Å². The summed E-state index contributed by atoms with van der Waals surface area (Å²) < 4.78 is 1.21. The number of nitrogens with zero attached hydrogens (tertiary/aromatic N) is 3. The Morgan fingerprint density at radius 3 is 2.60 bits per heavy atom. The van der Waals surface area contributed by atoms with E-state index in [0.29, 0.717) is 16.8 Å². The third-order valence-corrected chi connectivity index (χ3v) is 4.51. The fraction of sp³-hybridized carbons (Fsp3) is 0.0625. The van der Waals surface area contributed by atoms with Gasteiger partial charge in [0.1, 0.15) is 4.88 Å². The van der Waals surface area contributed by atoms with E-state index in [1.807, 2.05) is 0 Å². The highest BCUT2D eigenvalue weighted by atomic mass is 32.1. The minimum absolute atomic E-state index is 0.00842. The molecule has 0 aliphatic rings. The normalized spacial score (nSPS) is 11.2. The lowest BCUT2D eigenvalue weighted by molar-refractivity contribution is -0.384. The summed E-state index contributed by atoms with van der Waals surface area (Å²) >= 11 is 0.913. The number of aromatic nitrogens is 2. The van der Waals surface area contributed by atoms with Crippen molar-refractivity contribution in [2.24, 2.45) is 0 Å². The Labute approximate surface area is 144 Å². The molecule has 9 heteroatoms. The molecule has 0 spiro atoms. The lowest BCUT2D eigenvalue weighted by Crippen LogP contribution is -2.17. The Kier molecular flexibility index (Phi) is 4.15. The monoisotopic (exact) mass is 357 g/mol. The van der Waals surface area contributed by atoms with Gasteiger partial charge in [-0.1, -0.05) is 17.4 Å². The minimum Gasteiger partial charge on any atom is -0.477 e. The molecule has 25 heavy (non-hydrogen) atoms. The predicted octanol–water partition coefficient (Wildman–Crippen LogP) is 2.84. The molecule has 0 saturated carbocycles. The maximum Gasteiger partial charge on any atom is 0.347 e. The molecule has 3 rings (SSSR count). The van der Waals surface area contributed by atoms with Crippen molar-refractivity contribution in [1.82, 2.24) is 9.38 Å². The number of hydrogen-bond acceptors (Lipinski definition) is 6. The van der Waals surface area contributed by atoms with Gasteiger partial charge in [-0.15, -0.1) is 0 Å². The number of carbonyl (C=O) groups is 1. The summed E-state index contributed by atoms with van der Waals surface area (Å²) in [5, 5.41) is 19.7. The molecule has 2 aromatic heterocycles. The van der Waals surface area contributed by atoms with E-state index in [4.69, 9.17) is 5.11 Å². The summed E-state index contributed by atoms with van der Waals surface area (Å²) in [6.07, 6.45) is 4.56. The minimum atomic E-state index is -1.12. The van der Waals surface area contributed by atoms with E-state index < -0.39 is 10.9 Å². The van der Waals surface area contributed by atoms with Gasteiger partial charge in [0, 0.05) is 23.9 Å². The smallest absolute Gasteiger partial charge is 0.347 e. The van der Waals surface area contributed by atoms with Crippen LogP contribution < -0.4 is 5.56 Å². The van der Waals surface area contributed by atoms with Gasteiger partial charge in [0.25, 0.3) is 11.2 Å². The van der Waals surface area contributed by atoms with Gasteiger partial charge in [0.15, 0.2) is 4.96 Å². The lowest BCUT2D eigenvalue weighted by atomic mass is 10.1. The molecule has 0 aliphatic carbocycles. The second-order valence-corrected chi connectivity index (χ2v) is 6.17. The van der Waals surface area contributed by atoms with E-state index in [1.54, 1.807) is 31.2 Å². The third kappa shape index (κ3) is 3.17. The van der Waals surface area contributed by atoms with Gasteiger partial charge in [-0.25, -0.2) is 9.78 Å². The number of carboxylic acid groups (broad SMARTS) is 1. The molecule has 0 radical (unpaired) electrons. The number of non-ortho nitro benzene ring substituents is 1. The van der Waals surface area contributed by atoms with Gasteiger partial charge in [0.2, 0.25) is 0 Å². The number of thiazole rings is 1. The van der Waals surface area contributed by atoms with Crippen LogP contribution in [-0.4, -0.2) is 25.4 Å². The van der Waals surface area contributed by atoms with Crippen LogP contribution in [-0.2, 0) is 0 Å². The van der Waals surface area contributed by atoms with Crippen molar-refractivity contribution in [3.05, 3.63) is 72.6 Å². The summed E-state index contributed by atoms with van der Waals surface area (Å²) in [5.41, 5.74) is 1.17. The molecular formula is C16H11N3O5S. The number of fused-ring (bicyclic) bond motifs is 1. The average Bonchev–Trinajstić information content (AvgIpc) is 3.02. The summed E-state index contributed by atoms with van der Waals surface area (Å²) in [7, 11) is 0. The predicted molar refractivity (Wildman–Crippen MR) is 93.1 cm³/mol. The molecule has 2 heterocycles. The molecule has 8 nitrogen and oxygen atoms in total. The molecule has 0 fully saturated rings. The van der Waals surface area contributed by atoms with Crippen molar-refractivity contribution in [2.75, 3.05) is 0 Å². The molecule has 126 valence electrons. The van der Waals surface area contributed by atoms with Crippen LogP contribution in [0.25, 0.3) is 17.1 Å². The van der Waals surface area contributed by atoms with Crippen molar-refractivity contribution >= 4 is 40.1 Å². The largest absolute Gasteiger partial charge is 0.477 e. The first-order valence-corrected chi connectivity index (χ1v) is 7.87. The number of nitro benzene ring substituents is 1. The zero-order valence-electron chi connectivity index (χ0n) is 12.9. The first kappa shape index (κ1) is 16.5. The summed E-state index contributed by atoms with van der Waals surface area (Å²) in [6.45, 7) is 1.61. The van der Waals surface area contributed by atoms with Crippen molar-refractivity contribution in [3.8, 4) is 0 Å². The van der Waals surface area contributed by atoms with Gasteiger partial charge < -0.3 is 5.11 Å². The van der Waals surface area contributed by atoms with E-state index in [9.17, 15) is 19.7 Å². The zero-order valence-corrected chi connectivity index (χ0v) is 13.7. The molecule has 0 unspecified atom stereocenters. The van der Waals surface area contributed by atoms with Gasteiger partial charge in [-0.05, 0) is 30.7 Å². The van der Waals surface area contributed by atoms with Crippen LogP contribution in [0.2, 0.25) is 0 Å². The molecule has 0 amide bonds. The number of nitro groups is 1. The molecule has 0 atom stereocenters. The SMILES string of the molecule is Cc1c(/C=C/c2ccc([N+](=O)[O-])cc2)nc2sc(C(=O)O)cn2c1=O. The topological polar surface area (TPSA) is 115 Å². The molecule has 1 N–H and O–H groups in total. The maximum absolute atomic E-state index is 12.3. The van der Waals surface area contributed by atoms with E-state index in [-0.39, 0.29) is 21.1 Å². The van der Waals surface area contributed by atoms with E-state index >= 15 is 0 Å². The Morgan fingerprint density at radius 1 is 1.32 bits per heavy atom. The van der Waals surface area contributed by atoms with Crippen LogP contribution in [0.1, 0.15) is 26.5 Å². The van der Waals surface area contributed by atoms with Crippen LogP contribution in [0.5, 0.6) is 0 Å². The van der Waals surface area contributed by atoms with E-state index in [1.165, 1.54) is 22.7 Å². The van der Waals surface area contributed by atoms with Gasteiger partial charge >= 0.3 is 5.97 Å². The van der Waals surface area contributed by atoms with E-state index in [2.05, 4.69) is 4.98 Å². The fourth-order valence-electron chi connectivity index (χ4n) is 2.19. The Balaban J connectivity index is 2.00. The standard InChI is InChI=1S/C16H11N3O5S/c1-9-12(7-4-10-2-5-11(6-3-10)19(23)24)17-16-18(14(9)20)8-13(25-16)15(21)22/h2-8H,1H3,(H,21,22)/b7-4+. The number of aromatic carboxylic acids is 1. The number of carboxylic acids is 1. The quantitative estimate of drug-likeness (QED) is 0.567. The van der Waals surface area contributed by atoms with Crippen molar-refractivity contribution in [1.29, 1.82) is 0 Å². The summed E-state index contributed by atoms with van der Waals surface area (Å²) in [6, 6.07) is 5.94. The molecule has 0 saturated heterocycles. The molecular weight excluding hydrogens is 346 g/mol. The van der Waals surface area contributed by atoms with Gasteiger partial charge in [0.05, 0.1) is 10.6 Å². The maximum atomic E-state index is 12.3. The number of benzene rings is 1. The highest BCUT2D eigenvalue weighted by Crippen LogP contribution is 2.18. The lowest BCUT2D eigenvalue weighted by Gasteiger charge is -2.00. The summed E-state index contributed by atoms with van der Waals surface area (Å²) in [4.78, 5) is 38.2. The molecule has 1 aromatic carbocycles. The Hall–Kier alpha value is -3.33. The fourth-order valence-corrected chi connectivity index (χ4v) is 3.01. The van der Waals surface area contributed by atoms with Crippen LogP contribution >= 0.6 is 11.3 Å². The van der Waals surface area contributed by atoms with Crippen LogP contribution in [0.3, 0.4) is 0 Å². The highest BCUT2D eigenvalue weighted by molar-refractivity contribution is 7.18. The molecule has 3 aromatic rings. The highest BCUT2D eigenvalue weighted by Gasteiger charge is 2.13. The third-order valence-electron chi connectivity index (χ3n) is 3.54. The Morgan fingerprint density at radius 2 is 2.00 bits per heavy atom. The van der Waals surface area contributed by atoms with Crippen LogP contribution in [0, 0.1) is 17.0 Å². The first-order chi connectivity index (χ1) is 11.9. The second-order valence-electron chi connectivity index (χ2n) is 5.16. The average molecular weight is 357 g/mol. The van der Waals surface area contributed by atoms with Crippen molar-refractivity contribution in [2.45, 2.75) is 6.92 Å². The molecule has 0 aliphatic heterocycles. The first-order valence-electron chi connectivity index (χ1n) is 7.05. The zero-order chi connectivity index (χ0) is 18.1. The van der Waals surface area contributed by atoms with Gasteiger partial charge in [-0.2, -0.15) is 0 Å². The number of hydrogen-bond donors (Lipinski definition) is 1. The van der Waals surface area contributed by atoms with Crippen LogP contribution in [0.15, 0.2) is 35.3 Å². The van der Waals surface area contributed by atoms with Crippen LogP contribution in [0.4, 0.5) is 5.69 Å². The Bertz CT molecular complexity index is 1080. The molecule has 0 bridgehead atoms. The summed E-state index contributed by atoms with van der Waals surface area (Å²) in [5.74, 6) is -1.12. The van der Waals surface area contributed by atoms with E-state index in [0.717, 1.165) is 11.3 Å². The number of rotatable bonds is 4. The van der Waals surface area contributed by atoms with Gasteiger partial charge in [-0.3, -0.25) is 19.3 Å².